The van der Waals surface area contributed by atoms with Crippen LogP contribution >= 0.6 is 22.7 Å². The molecule has 0 aliphatic carbocycles. The van der Waals surface area contributed by atoms with E-state index in [2.05, 4.69) is 4.72 Å². The van der Waals surface area contributed by atoms with Crippen LogP contribution in [0, 0.1) is 6.92 Å². The molecule has 3 aromatic rings. The van der Waals surface area contributed by atoms with Crippen LogP contribution in [0.3, 0.4) is 0 Å². The normalized spacial score (nSPS) is 13.4. The van der Waals surface area contributed by atoms with Crippen molar-refractivity contribution < 1.29 is 21.6 Å². The SMILES string of the molecule is COc1ccc(S(=O)(=O)NCC(c2cccs2)S(=O)(=O)c2cccs2)cc1C. The molecular weight excluding hydrogens is 438 g/mol. The van der Waals surface area contributed by atoms with Gasteiger partial charge in [-0.1, -0.05) is 12.1 Å². The smallest absolute Gasteiger partial charge is 0.240 e. The fourth-order valence-electron chi connectivity index (χ4n) is 2.69. The average molecular weight is 458 g/mol. The maximum absolute atomic E-state index is 13.0. The molecule has 1 aromatic carbocycles. The Balaban J connectivity index is 1.89. The van der Waals surface area contributed by atoms with Crippen LogP contribution in [0.5, 0.6) is 5.75 Å². The zero-order chi connectivity index (χ0) is 20.4. The Hall–Kier alpha value is -1.72. The summed E-state index contributed by atoms with van der Waals surface area (Å²) in [6, 6.07) is 11.1. The summed E-state index contributed by atoms with van der Waals surface area (Å²) in [7, 11) is -6.10. The predicted molar refractivity (Wildman–Crippen MR) is 111 cm³/mol. The lowest BCUT2D eigenvalue weighted by atomic mass is 10.2. The molecule has 150 valence electrons. The highest BCUT2D eigenvalue weighted by molar-refractivity contribution is 7.94. The second kappa shape index (κ2) is 8.34. The van der Waals surface area contributed by atoms with E-state index in [1.165, 1.54) is 36.6 Å². The van der Waals surface area contributed by atoms with Crippen LogP contribution in [0.25, 0.3) is 0 Å². The highest BCUT2D eigenvalue weighted by atomic mass is 32.2. The summed E-state index contributed by atoms with van der Waals surface area (Å²) >= 11 is 2.40. The van der Waals surface area contributed by atoms with Crippen LogP contribution in [0.1, 0.15) is 15.7 Å². The van der Waals surface area contributed by atoms with Crippen LogP contribution in [0.4, 0.5) is 0 Å². The first kappa shape index (κ1) is 21.0. The fraction of sp³-hybridized carbons (Fsp3) is 0.222. The van der Waals surface area contributed by atoms with Gasteiger partial charge in [-0.3, -0.25) is 0 Å². The molecule has 2 heterocycles. The lowest BCUT2D eigenvalue weighted by molar-refractivity contribution is 0.411. The van der Waals surface area contributed by atoms with E-state index >= 15 is 0 Å². The van der Waals surface area contributed by atoms with Gasteiger partial charge < -0.3 is 4.74 Å². The Morgan fingerprint density at radius 1 is 1.04 bits per heavy atom. The maximum Gasteiger partial charge on any atom is 0.240 e. The van der Waals surface area contributed by atoms with Crippen molar-refractivity contribution in [1.29, 1.82) is 0 Å². The largest absolute Gasteiger partial charge is 0.496 e. The highest BCUT2D eigenvalue weighted by Crippen LogP contribution is 2.33. The average Bonchev–Trinajstić information content (AvgIpc) is 3.36. The molecule has 1 unspecified atom stereocenters. The van der Waals surface area contributed by atoms with Crippen molar-refractivity contribution in [3.8, 4) is 5.75 Å². The first-order valence-corrected chi connectivity index (χ1v) is 13.0. The van der Waals surface area contributed by atoms with Crippen molar-refractivity contribution in [2.24, 2.45) is 0 Å². The van der Waals surface area contributed by atoms with Crippen molar-refractivity contribution in [3.05, 3.63) is 63.7 Å². The van der Waals surface area contributed by atoms with Gasteiger partial charge in [0.25, 0.3) is 0 Å². The molecule has 6 nitrogen and oxygen atoms in total. The quantitative estimate of drug-likeness (QED) is 0.558. The molecule has 0 fully saturated rings. The third-order valence-electron chi connectivity index (χ3n) is 4.15. The lowest BCUT2D eigenvalue weighted by Crippen LogP contribution is -2.31. The van der Waals surface area contributed by atoms with E-state index in [1.807, 2.05) is 0 Å². The van der Waals surface area contributed by atoms with E-state index in [1.54, 1.807) is 41.9 Å². The number of sulfone groups is 1. The molecule has 2 aromatic heterocycles. The zero-order valence-electron chi connectivity index (χ0n) is 15.2. The van der Waals surface area contributed by atoms with Crippen LogP contribution < -0.4 is 9.46 Å². The highest BCUT2D eigenvalue weighted by Gasteiger charge is 2.32. The minimum Gasteiger partial charge on any atom is -0.496 e. The number of thiophene rings is 2. The van der Waals surface area contributed by atoms with Gasteiger partial charge in [-0.25, -0.2) is 21.6 Å². The molecule has 0 aliphatic rings. The van der Waals surface area contributed by atoms with Gasteiger partial charge >= 0.3 is 0 Å². The van der Waals surface area contributed by atoms with E-state index in [9.17, 15) is 16.8 Å². The summed E-state index contributed by atoms with van der Waals surface area (Å²) < 4.78 is 59.4. The van der Waals surface area contributed by atoms with Gasteiger partial charge in [-0.2, -0.15) is 0 Å². The Morgan fingerprint density at radius 3 is 2.32 bits per heavy atom. The summed E-state index contributed by atoms with van der Waals surface area (Å²) in [6.45, 7) is 1.49. The third kappa shape index (κ3) is 4.31. The number of hydrogen-bond donors (Lipinski definition) is 1. The fourth-order valence-corrected chi connectivity index (χ4v) is 7.92. The van der Waals surface area contributed by atoms with Gasteiger partial charge in [-0.05, 0) is 53.6 Å². The number of methoxy groups -OCH3 is 1. The number of ether oxygens (including phenoxy) is 1. The monoisotopic (exact) mass is 457 g/mol. The Kier molecular flexibility index (Phi) is 6.25. The molecule has 0 saturated carbocycles. The van der Waals surface area contributed by atoms with E-state index in [0.717, 1.165) is 11.3 Å². The van der Waals surface area contributed by atoms with Crippen molar-refractivity contribution in [2.45, 2.75) is 21.3 Å². The van der Waals surface area contributed by atoms with E-state index in [-0.39, 0.29) is 15.6 Å². The molecule has 0 amide bonds. The van der Waals surface area contributed by atoms with Crippen LogP contribution in [0.15, 0.2) is 62.3 Å². The number of rotatable bonds is 8. The number of benzene rings is 1. The number of aryl methyl sites for hydroxylation is 1. The van der Waals surface area contributed by atoms with Gasteiger partial charge in [-0.15, -0.1) is 22.7 Å². The minimum absolute atomic E-state index is 0.0595. The van der Waals surface area contributed by atoms with Gasteiger partial charge in [0.1, 0.15) is 15.2 Å². The van der Waals surface area contributed by atoms with E-state index in [0.29, 0.717) is 16.2 Å². The maximum atomic E-state index is 13.0. The molecule has 28 heavy (non-hydrogen) atoms. The first-order chi connectivity index (χ1) is 13.3. The lowest BCUT2D eigenvalue weighted by Gasteiger charge is -2.17. The van der Waals surface area contributed by atoms with Gasteiger partial charge in [0.15, 0.2) is 9.84 Å². The molecule has 0 bridgehead atoms. The molecule has 1 N–H and O–H groups in total. The third-order valence-corrected chi connectivity index (χ3v) is 10.2. The second-order valence-electron chi connectivity index (χ2n) is 5.96. The number of hydrogen-bond acceptors (Lipinski definition) is 7. The minimum atomic E-state index is -3.88. The second-order valence-corrected chi connectivity index (χ2v) is 12.0. The molecule has 1 atom stereocenters. The standard InChI is InChI=1S/C18H19NO5S4/c1-13-11-14(7-8-15(13)24-2)28(22,23)19-12-17(16-5-3-9-25-16)27(20,21)18-6-4-10-26-18/h3-11,17,19H,12H2,1-2H3. The molecule has 0 spiro atoms. The number of nitrogens with one attached hydrogen (secondary N) is 1. The summed E-state index contributed by atoms with van der Waals surface area (Å²) in [5.41, 5.74) is 0.673. The molecular formula is C18H19NO5S4. The molecule has 10 heteroatoms. The Bertz CT molecular complexity index is 1130. The Morgan fingerprint density at radius 2 is 1.75 bits per heavy atom. The summed E-state index contributed by atoms with van der Waals surface area (Å²) in [5.74, 6) is 0.579. The van der Waals surface area contributed by atoms with Crippen LogP contribution in [-0.2, 0) is 19.9 Å². The molecule has 0 aliphatic heterocycles. The van der Waals surface area contributed by atoms with Gasteiger partial charge in [0, 0.05) is 11.4 Å². The first-order valence-electron chi connectivity index (χ1n) is 8.21. The van der Waals surface area contributed by atoms with E-state index < -0.39 is 25.1 Å². The number of sulfonamides is 1. The Labute approximate surface area is 172 Å². The van der Waals surface area contributed by atoms with Crippen molar-refractivity contribution in [2.75, 3.05) is 13.7 Å². The van der Waals surface area contributed by atoms with Gasteiger partial charge in [0.05, 0.1) is 12.0 Å². The molecule has 0 saturated heterocycles. The van der Waals surface area contributed by atoms with Crippen LogP contribution in [0.2, 0.25) is 0 Å². The van der Waals surface area contributed by atoms with Crippen molar-refractivity contribution >= 4 is 42.5 Å². The van der Waals surface area contributed by atoms with Crippen LogP contribution in [-0.4, -0.2) is 30.5 Å². The van der Waals surface area contributed by atoms with Crippen molar-refractivity contribution in [3.63, 3.8) is 0 Å². The van der Waals surface area contributed by atoms with Crippen molar-refractivity contribution in [1.82, 2.24) is 4.72 Å². The topological polar surface area (TPSA) is 89.5 Å². The summed E-state index contributed by atoms with van der Waals surface area (Å²) in [4.78, 5) is 0.645. The summed E-state index contributed by atoms with van der Waals surface area (Å²) in [5, 5.41) is 2.45. The van der Waals surface area contributed by atoms with E-state index in [4.69, 9.17) is 4.74 Å². The zero-order valence-corrected chi connectivity index (χ0v) is 18.4. The summed E-state index contributed by atoms with van der Waals surface area (Å²) in [6.07, 6.45) is 0. The molecule has 3 rings (SSSR count). The van der Waals surface area contributed by atoms with Gasteiger partial charge in [0.2, 0.25) is 10.0 Å². The predicted octanol–water partition coefficient (Wildman–Crippen LogP) is 3.62. The molecule has 0 radical (unpaired) electrons.